The molecule has 1 fully saturated rings. The highest BCUT2D eigenvalue weighted by Crippen LogP contribution is 2.49. The Kier molecular flexibility index (Phi) is 5.71. The van der Waals surface area contributed by atoms with Crippen LogP contribution in [0.3, 0.4) is 0 Å². The van der Waals surface area contributed by atoms with E-state index in [1.165, 1.54) is 17.9 Å². The van der Waals surface area contributed by atoms with Gasteiger partial charge in [0.1, 0.15) is 6.54 Å². The van der Waals surface area contributed by atoms with E-state index in [9.17, 15) is 24.3 Å². The van der Waals surface area contributed by atoms with E-state index in [0.29, 0.717) is 21.8 Å². The highest BCUT2D eigenvalue weighted by molar-refractivity contribution is 6.31. The van der Waals surface area contributed by atoms with Crippen molar-refractivity contribution >= 4 is 46.6 Å². The summed E-state index contributed by atoms with van der Waals surface area (Å²) < 4.78 is 0. The van der Waals surface area contributed by atoms with Gasteiger partial charge in [-0.05, 0) is 37.1 Å². The van der Waals surface area contributed by atoms with E-state index in [2.05, 4.69) is 0 Å². The zero-order valence-corrected chi connectivity index (χ0v) is 18.6. The number of hydrogen-bond acceptors (Lipinski definition) is 5. The Labute approximate surface area is 195 Å². The molecule has 2 aliphatic rings. The molecule has 2 amide bonds. The van der Waals surface area contributed by atoms with Crippen molar-refractivity contribution in [2.75, 3.05) is 24.5 Å². The molecule has 0 radical (unpaired) electrons. The van der Waals surface area contributed by atoms with Crippen LogP contribution in [0, 0.1) is 0 Å². The van der Waals surface area contributed by atoms with Gasteiger partial charge in [0.05, 0.1) is 6.54 Å². The van der Waals surface area contributed by atoms with Crippen LogP contribution in [0.25, 0.3) is 5.70 Å². The molecule has 1 saturated heterocycles. The molecular formula is C24H22ClN3O5. The minimum absolute atomic E-state index is 0.0568. The Morgan fingerprint density at radius 1 is 1.09 bits per heavy atom. The number of nitrogens with two attached hydrogens (primary N) is 1. The standard InChI is InChI=1S/C24H22ClN3O5/c1-14(29)17(21(26)15-5-3-2-4-6-15)12-27-10-9-24(22(27)32)18-11-16(25)7-8-19(18)28(23(24)33)13-20(30)31/h2-8,11H,9-10,12-13,26H2,1H3,(H,30,31). The number of aliphatic carboxylic acids is 1. The summed E-state index contributed by atoms with van der Waals surface area (Å²) in [7, 11) is 0. The molecule has 170 valence electrons. The van der Waals surface area contributed by atoms with Crippen LogP contribution in [0.4, 0.5) is 5.69 Å². The van der Waals surface area contributed by atoms with Crippen molar-refractivity contribution in [3.05, 3.63) is 70.3 Å². The van der Waals surface area contributed by atoms with Crippen LogP contribution < -0.4 is 10.6 Å². The van der Waals surface area contributed by atoms with Crippen LogP contribution in [0.5, 0.6) is 0 Å². The minimum atomic E-state index is -1.57. The van der Waals surface area contributed by atoms with Gasteiger partial charge >= 0.3 is 5.97 Å². The summed E-state index contributed by atoms with van der Waals surface area (Å²) in [5, 5.41) is 9.63. The Morgan fingerprint density at radius 2 is 1.79 bits per heavy atom. The van der Waals surface area contributed by atoms with Gasteiger partial charge in [-0.2, -0.15) is 0 Å². The van der Waals surface area contributed by atoms with Gasteiger partial charge in [0.25, 0.3) is 0 Å². The number of carbonyl (C=O) groups is 4. The fraction of sp³-hybridized carbons (Fsp3) is 0.250. The number of benzene rings is 2. The average molecular weight is 468 g/mol. The van der Waals surface area contributed by atoms with Crippen molar-refractivity contribution in [2.45, 2.75) is 18.8 Å². The van der Waals surface area contributed by atoms with Crippen molar-refractivity contribution < 1.29 is 24.3 Å². The van der Waals surface area contributed by atoms with Crippen molar-refractivity contribution in [2.24, 2.45) is 5.73 Å². The van der Waals surface area contributed by atoms with Crippen LogP contribution in [0.1, 0.15) is 24.5 Å². The molecule has 2 heterocycles. The van der Waals surface area contributed by atoms with Gasteiger partial charge in [-0.25, -0.2) is 0 Å². The van der Waals surface area contributed by atoms with Crippen LogP contribution in [-0.4, -0.2) is 53.2 Å². The molecular weight excluding hydrogens is 446 g/mol. The first-order valence-corrected chi connectivity index (χ1v) is 10.7. The lowest BCUT2D eigenvalue weighted by Crippen LogP contribution is -2.48. The number of likely N-dealkylation sites (tertiary alicyclic amines) is 1. The minimum Gasteiger partial charge on any atom is -0.480 e. The van der Waals surface area contributed by atoms with E-state index >= 15 is 0 Å². The molecule has 0 bridgehead atoms. The fourth-order valence-corrected chi connectivity index (χ4v) is 4.75. The number of amides is 2. The quantitative estimate of drug-likeness (QED) is 0.496. The molecule has 33 heavy (non-hydrogen) atoms. The smallest absolute Gasteiger partial charge is 0.323 e. The summed E-state index contributed by atoms with van der Waals surface area (Å²) >= 11 is 6.17. The van der Waals surface area contributed by atoms with E-state index in [1.807, 2.05) is 6.07 Å². The van der Waals surface area contributed by atoms with Gasteiger partial charge in [0.2, 0.25) is 11.8 Å². The molecule has 2 aromatic rings. The number of carboxylic acid groups (broad SMARTS) is 1. The van der Waals surface area contributed by atoms with Gasteiger partial charge in [-0.3, -0.25) is 24.1 Å². The number of halogens is 1. The van der Waals surface area contributed by atoms with Crippen LogP contribution >= 0.6 is 11.6 Å². The summed E-state index contributed by atoms with van der Waals surface area (Å²) in [5.74, 6) is -2.57. The van der Waals surface area contributed by atoms with Gasteiger partial charge in [0.15, 0.2) is 11.2 Å². The Balaban J connectivity index is 1.73. The van der Waals surface area contributed by atoms with Crippen LogP contribution in [-0.2, 0) is 24.6 Å². The summed E-state index contributed by atoms with van der Waals surface area (Å²) in [4.78, 5) is 53.4. The molecule has 4 rings (SSSR count). The maximum atomic E-state index is 13.7. The zero-order valence-electron chi connectivity index (χ0n) is 17.9. The summed E-state index contributed by atoms with van der Waals surface area (Å²) in [5.41, 5.74) is 6.64. The van der Waals surface area contributed by atoms with Gasteiger partial charge in [-0.1, -0.05) is 41.9 Å². The molecule has 0 aliphatic carbocycles. The largest absolute Gasteiger partial charge is 0.480 e. The Bertz CT molecular complexity index is 1210. The second-order valence-corrected chi connectivity index (χ2v) is 8.58. The third-order valence-corrected chi connectivity index (χ3v) is 6.44. The van der Waals surface area contributed by atoms with E-state index < -0.39 is 29.7 Å². The second-order valence-electron chi connectivity index (χ2n) is 8.14. The molecule has 1 spiro atoms. The molecule has 2 aromatic carbocycles. The predicted octanol–water partition coefficient (Wildman–Crippen LogP) is 2.20. The number of nitrogens with zero attached hydrogens (tertiary/aromatic N) is 2. The Hall–Kier alpha value is -3.65. The summed E-state index contributed by atoms with van der Waals surface area (Å²) in [6.07, 6.45) is 0.143. The second kappa shape index (κ2) is 8.37. The fourth-order valence-electron chi connectivity index (χ4n) is 4.58. The van der Waals surface area contributed by atoms with Crippen LogP contribution in [0.15, 0.2) is 54.1 Å². The lowest BCUT2D eigenvalue weighted by molar-refractivity contribution is -0.140. The SMILES string of the molecule is CC(=O)C(CN1CCC2(C1=O)C(=O)N(CC(=O)O)c1ccc(Cl)cc12)=C(N)c1ccccc1. The number of fused-ring (bicyclic) bond motifs is 2. The molecule has 3 N–H and O–H groups in total. The number of rotatable bonds is 6. The van der Waals surface area contributed by atoms with E-state index in [4.69, 9.17) is 17.3 Å². The maximum absolute atomic E-state index is 13.7. The van der Waals surface area contributed by atoms with Gasteiger partial charge < -0.3 is 15.7 Å². The first kappa shape index (κ1) is 22.5. The summed E-state index contributed by atoms with van der Waals surface area (Å²) in [6, 6.07) is 13.6. The zero-order chi connectivity index (χ0) is 23.9. The molecule has 0 saturated carbocycles. The molecule has 8 nitrogen and oxygen atoms in total. The third-order valence-electron chi connectivity index (χ3n) is 6.21. The topological polar surface area (TPSA) is 121 Å². The predicted molar refractivity (Wildman–Crippen MR) is 123 cm³/mol. The number of Topliss-reactive ketones (excluding diaryl/α,β-unsaturated/α-hetero) is 1. The first-order chi connectivity index (χ1) is 15.7. The number of ketones is 1. The van der Waals surface area contributed by atoms with Crippen LogP contribution in [0.2, 0.25) is 5.02 Å². The molecule has 0 aromatic heterocycles. The summed E-state index contributed by atoms with van der Waals surface area (Å²) in [6.45, 7) is 0.961. The van der Waals surface area contributed by atoms with Gasteiger partial charge in [-0.15, -0.1) is 0 Å². The number of carbonyl (C=O) groups excluding carboxylic acids is 3. The number of hydrogen-bond donors (Lipinski definition) is 2. The molecule has 9 heteroatoms. The van der Waals surface area contributed by atoms with Crippen molar-refractivity contribution in [1.29, 1.82) is 0 Å². The van der Waals surface area contributed by atoms with E-state index in [-0.39, 0.29) is 36.6 Å². The van der Waals surface area contributed by atoms with Crippen molar-refractivity contribution in [3.8, 4) is 0 Å². The molecule has 1 atom stereocenters. The lowest BCUT2D eigenvalue weighted by Gasteiger charge is -2.24. The van der Waals surface area contributed by atoms with E-state index in [1.54, 1.807) is 36.4 Å². The maximum Gasteiger partial charge on any atom is 0.323 e. The number of anilines is 1. The normalized spacial score (nSPS) is 20.3. The Morgan fingerprint density at radius 3 is 2.42 bits per heavy atom. The first-order valence-electron chi connectivity index (χ1n) is 10.3. The third kappa shape index (κ3) is 3.66. The average Bonchev–Trinajstić information content (AvgIpc) is 3.22. The van der Waals surface area contributed by atoms with Crippen molar-refractivity contribution in [1.82, 2.24) is 4.90 Å². The monoisotopic (exact) mass is 467 g/mol. The van der Waals surface area contributed by atoms with Gasteiger partial charge in [0, 0.05) is 34.1 Å². The number of carboxylic acids is 1. The highest BCUT2D eigenvalue weighted by atomic mass is 35.5. The highest BCUT2D eigenvalue weighted by Gasteiger charge is 2.61. The molecule has 1 unspecified atom stereocenters. The van der Waals surface area contributed by atoms with E-state index in [0.717, 1.165) is 4.90 Å². The van der Waals surface area contributed by atoms with Crippen molar-refractivity contribution in [3.63, 3.8) is 0 Å². The molecule has 2 aliphatic heterocycles. The lowest BCUT2D eigenvalue weighted by atomic mass is 9.80.